The molecular formula is C5H11N7. The number of amidine groups is 1. The highest BCUT2D eigenvalue weighted by Gasteiger charge is 2.04. The van der Waals surface area contributed by atoms with Gasteiger partial charge in [-0.2, -0.15) is 9.90 Å². The van der Waals surface area contributed by atoms with Crippen LogP contribution in [0, 0.1) is 0 Å². The van der Waals surface area contributed by atoms with Crippen molar-refractivity contribution < 1.29 is 0 Å². The van der Waals surface area contributed by atoms with Crippen molar-refractivity contribution in [1.29, 1.82) is 0 Å². The first-order valence-electron chi connectivity index (χ1n) is 3.35. The number of tetrazole rings is 1. The first-order chi connectivity index (χ1) is 5.59. The number of hydrogen-bond donors (Lipinski definition) is 1. The molecule has 0 aromatic carbocycles. The monoisotopic (exact) mass is 169 g/mol. The smallest absolute Gasteiger partial charge is 0.241 e. The van der Waals surface area contributed by atoms with Crippen molar-refractivity contribution in [3.05, 3.63) is 5.82 Å². The number of nitrogens with two attached hydrogens (primary N) is 1. The van der Waals surface area contributed by atoms with E-state index in [0.29, 0.717) is 5.82 Å². The molecule has 2 N–H and O–H groups in total. The predicted octanol–water partition coefficient (Wildman–Crippen LogP) is -1.61. The van der Waals surface area contributed by atoms with Crippen LogP contribution in [-0.2, 0) is 7.05 Å². The maximum atomic E-state index is 5.54. The zero-order valence-corrected chi connectivity index (χ0v) is 7.26. The average molecular weight is 169 g/mol. The Morgan fingerprint density at radius 2 is 2.25 bits per heavy atom. The molecule has 0 aliphatic heterocycles. The lowest BCUT2D eigenvalue weighted by Gasteiger charge is -2.03. The van der Waals surface area contributed by atoms with Gasteiger partial charge in [0.25, 0.3) is 0 Å². The van der Waals surface area contributed by atoms with Gasteiger partial charge in [-0.3, -0.25) is 0 Å². The van der Waals surface area contributed by atoms with Gasteiger partial charge in [-0.15, -0.1) is 10.2 Å². The van der Waals surface area contributed by atoms with Crippen LogP contribution in [0.4, 0.5) is 0 Å². The molecule has 1 heterocycles. The summed E-state index contributed by atoms with van der Waals surface area (Å²) >= 11 is 0. The zero-order chi connectivity index (χ0) is 9.14. The summed E-state index contributed by atoms with van der Waals surface area (Å²) in [6, 6.07) is 0. The van der Waals surface area contributed by atoms with Gasteiger partial charge in [0.2, 0.25) is 5.82 Å². The Hall–Kier alpha value is -1.66. The van der Waals surface area contributed by atoms with E-state index < -0.39 is 0 Å². The molecule has 0 radical (unpaired) electrons. The van der Waals surface area contributed by atoms with E-state index in [0.717, 1.165) is 0 Å². The topological polar surface area (TPSA) is 85.2 Å². The second kappa shape index (κ2) is 3.16. The molecule has 0 atom stereocenters. The third-order valence-electron chi connectivity index (χ3n) is 1.05. The summed E-state index contributed by atoms with van der Waals surface area (Å²) in [7, 11) is 5.20. The predicted molar refractivity (Wildman–Crippen MR) is 43.2 cm³/mol. The van der Waals surface area contributed by atoms with E-state index in [4.69, 9.17) is 5.73 Å². The van der Waals surface area contributed by atoms with Gasteiger partial charge in [0.05, 0.1) is 7.05 Å². The van der Waals surface area contributed by atoms with E-state index in [2.05, 4.69) is 20.5 Å². The number of hydrazone groups is 1. The standard InChI is InChI=1S/C5H11N7/c1-11(2)8-4(6)5-7-10-12(3)9-5/h1-3H3,(H2,6,8). The molecule has 0 aliphatic carbocycles. The Labute approximate surface area is 69.8 Å². The lowest BCUT2D eigenvalue weighted by Crippen LogP contribution is -2.20. The molecule has 7 heteroatoms. The van der Waals surface area contributed by atoms with Crippen LogP contribution < -0.4 is 5.73 Å². The maximum Gasteiger partial charge on any atom is 0.241 e. The third-order valence-corrected chi connectivity index (χ3v) is 1.05. The van der Waals surface area contributed by atoms with E-state index in [9.17, 15) is 0 Å². The number of hydrogen-bond acceptors (Lipinski definition) is 5. The number of aryl methyl sites for hydroxylation is 1. The Kier molecular flexibility index (Phi) is 2.22. The molecule has 0 saturated carbocycles. The minimum Gasteiger partial charge on any atom is -0.379 e. The van der Waals surface area contributed by atoms with Crippen LogP contribution in [0.2, 0.25) is 0 Å². The first-order valence-corrected chi connectivity index (χ1v) is 3.35. The van der Waals surface area contributed by atoms with Crippen molar-refractivity contribution in [2.75, 3.05) is 14.1 Å². The molecule has 12 heavy (non-hydrogen) atoms. The molecule has 0 aliphatic rings. The maximum absolute atomic E-state index is 5.54. The summed E-state index contributed by atoms with van der Waals surface area (Å²) in [5.41, 5.74) is 5.54. The van der Waals surface area contributed by atoms with Crippen molar-refractivity contribution in [2.24, 2.45) is 17.9 Å². The van der Waals surface area contributed by atoms with Gasteiger partial charge in [-0.25, -0.2) is 0 Å². The summed E-state index contributed by atoms with van der Waals surface area (Å²) in [5, 5.41) is 16.7. The molecule has 0 fully saturated rings. The van der Waals surface area contributed by atoms with Crippen molar-refractivity contribution in [3.63, 3.8) is 0 Å². The quantitative estimate of drug-likeness (QED) is 0.327. The van der Waals surface area contributed by atoms with E-state index in [1.807, 2.05) is 0 Å². The van der Waals surface area contributed by atoms with E-state index in [1.165, 1.54) is 4.80 Å². The SMILES string of the molecule is CN(C)N=C(N)c1nnn(C)n1. The van der Waals surface area contributed by atoms with Crippen molar-refractivity contribution in [2.45, 2.75) is 0 Å². The second-order valence-corrected chi connectivity index (χ2v) is 2.43. The van der Waals surface area contributed by atoms with Gasteiger partial charge in [0.15, 0.2) is 5.84 Å². The summed E-state index contributed by atoms with van der Waals surface area (Å²) < 4.78 is 0. The van der Waals surface area contributed by atoms with E-state index in [1.54, 1.807) is 26.2 Å². The zero-order valence-electron chi connectivity index (χ0n) is 7.26. The van der Waals surface area contributed by atoms with Crippen molar-refractivity contribution >= 4 is 5.84 Å². The molecule has 7 nitrogen and oxygen atoms in total. The molecule has 66 valence electrons. The van der Waals surface area contributed by atoms with Gasteiger partial charge in [0.1, 0.15) is 0 Å². The minimum absolute atomic E-state index is 0.258. The molecular weight excluding hydrogens is 158 g/mol. The second-order valence-electron chi connectivity index (χ2n) is 2.43. The van der Waals surface area contributed by atoms with Crippen LogP contribution in [0.25, 0.3) is 0 Å². The van der Waals surface area contributed by atoms with Crippen LogP contribution >= 0.6 is 0 Å². The molecule has 0 spiro atoms. The number of nitrogens with zero attached hydrogens (tertiary/aromatic N) is 6. The summed E-state index contributed by atoms with van der Waals surface area (Å²) in [4.78, 5) is 1.33. The van der Waals surface area contributed by atoms with Gasteiger partial charge >= 0.3 is 0 Å². The highest BCUT2D eigenvalue weighted by molar-refractivity contribution is 5.93. The Morgan fingerprint density at radius 3 is 2.67 bits per heavy atom. The minimum atomic E-state index is 0.258. The van der Waals surface area contributed by atoms with Crippen molar-refractivity contribution in [1.82, 2.24) is 25.2 Å². The molecule has 1 aromatic rings. The van der Waals surface area contributed by atoms with Crippen LogP contribution in [0.15, 0.2) is 5.10 Å². The van der Waals surface area contributed by atoms with Crippen LogP contribution in [-0.4, -0.2) is 45.1 Å². The Bertz CT molecular complexity index is 286. The van der Waals surface area contributed by atoms with Crippen molar-refractivity contribution in [3.8, 4) is 0 Å². The van der Waals surface area contributed by atoms with Gasteiger partial charge in [-0.05, 0) is 5.21 Å². The summed E-state index contributed by atoms with van der Waals surface area (Å²) in [6.45, 7) is 0. The third kappa shape index (κ3) is 1.91. The molecule has 1 rings (SSSR count). The molecule has 1 aromatic heterocycles. The van der Waals surface area contributed by atoms with Gasteiger partial charge < -0.3 is 10.7 Å². The Morgan fingerprint density at radius 1 is 1.58 bits per heavy atom. The summed E-state index contributed by atoms with van der Waals surface area (Å²) in [6.07, 6.45) is 0. The van der Waals surface area contributed by atoms with E-state index in [-0.39, 0.29) is 5.84 Å². The number of rotatable bonds is 2. The fourth-order valence-corrected chi connectivity index (χ4v) is 0.647. The molecule has 0 amide bonds. The van der Waals surface area contributed by atoms with Crippen LogP contribution in [0.3, 0.4) is 0 Å². The lowest BCUT2D eigenvalue weighted by molar-refractivity contribution is 0.437. The lowest BCUT2D eigenvalue weighted by atomic mass is 10.6. The number of aromatic nitrogens is 4. The molecule has 0 saturated heterocycles. The van der Waals surface area contributed by atoms with Gasteiger partial charge in [0, 0.05) is 14.1 Å². The fourth-order valence-electron chi connectivity index (χ4n) is 0.647. The largest absolute Gasteiger partial charge is 0.379 e. The van der Waals surface area contributed by atoms with Crippen LogP contribution in [0.5, 0.6) is 0 Å². The summed E-state index contributed by atoms with van der Waals surface area (Å²) in [5.74, 6) is 0.597. The Balaban J connectivity index is 2.84. The molecule has 0 unspecified atom stereocenters. The molecule has 0 bridgehead atoms. The fraction of sp³-hybridized carbons (Fsp3) is 0.600. The average Bonchev–Trinajstić information content (AvgIpc) is 2.34. The normalized spacial score (nSPS) is 11.8. The highest BCUT2D eigenvalue weighted by atomic mass is 15.6. The van der Waals surface area contributed by atoms with Crippen LogP contribution in [0.1, 0.15) is 5.82 Å². The first kappa shape index (κ1) is 8.44. The van der Waals surface area contributed by atoms with Gasteiger partial charge in [-0.1, -0.05) is 0 Å². The highest BCUT2D eigenvalue weighted by Crippen LogP contribution is 1.85. The van der Waals surface area contributed by atoms with E-state index >= 15 is 0 Å².